The van der Waals surface area contributed by atoms with Gasteiger partial charge in [0.15, 0.2) is 0 Å². The maximum atomic E-state index is 10.1. The van der Waals surface area contributed by atoms with E-state index in [0.717, 1.165) is 6.08 Å². The normalized spacial score (nSPS) is 10.3. The second-order valence-electron chi connectivity index (χ2n) is 5.55. The third-order valence-corrected chi connectivity index (χ3v) is 2.20. The van der Waals surface area contributed by atoms with Crippen molar-refractivity contribution in [3.63, 3.8) is 0 Å². The van der Waals surface area contributed by atoms with Gasteiger partial charge < -0.3 is 25.2 Å². The summed E-state index contributed by atoms with van der Waals surface area (Å²) in [6, 6.07) is 0. The van der Waals surface area contributed by atoms with Crippen LogP contribution in [0.2, 0.25) is 0 Å². The Morgan fingerprint density at radius 2 is 1.43 bits per heavy atom. The fourth-order valence-electron chi connectivity index (χ4n) is 0.201. The van der Waals surface area contributed by atoms with Gasteiger partial charge in [0.05, 0.1) is 32.3 Å². The number of esters is 1. The van der Waals surface area contributed by atoms with E-state index in [-0.39, 0.29) is 25.2 Å². The average molecular weight is 308 g/mol. The summed E-state index contributed by atoms with van der Waals surface area (Å²) in [5, 5.41) is 33.5. The lowest BCUT2D eigenvalue weighted by atomic mass is 9.96. The van der Waals surface area contributed by atoms with Crippen LogP contribution in [0, 0.1) is 10.8 Å². The van der Waals surface area contributed by atoms with E-state index in [0.29, 0.717) is 0 Å². The molecule has 0 amide bonds. The van der Waals surface area contributed by atoms with E-state index in [4.69, 9.17) is 20.4 Å². The number of carbonyl (C=O) groups is 2. The standard InChI is InChI=1S/C5H10O3.C5H12O2.C4H6O2/c1-5(2,3-6)4(7)8;1-5(2,3-6)4-7;1-3-4(5)6-2/h6H,3H2,1-2H3,(H,7,8);6-7H,3-4H2,1-2H3;3H,1H2,2H3. The van der Waals surface area contributed by atoms with Gasteiger partial charge in [-0.2, -0.15) is 0 Å². The summed E-state index contributed by atoms with van der Waals surface area (Å²) in [5.74, 6) is -1.37. The highest BCUT2D eigenvalue weighted by Crippen LogP contribution is 2.12. The van der Waals surface area contributed by atoms with E-state index in [2.05, 4.69) is 11.3 Å². The van der Waals surface area contributed by atoms with Crippen LogP contribution in [-0.4, -0.2) is 59.3 Å². The van der Waals surface area contributed by atoms with Crippen LogP contribution in [-0.2, 0) is 14.3 Å². The molecule has 7 nitrogen and oxygen atoms in total. The van der Waals surface area contributed by atoms with Gasteiger partial charge in [-0.15, -0.1) is 0 Å². The van der Waals surface area contributed by atoms with Crippen molar-refractivity contribution < 1.29 is 34.8 Å². The molecule has 7 heteroatoms. The summed E-state index contributed by atoms with van der Waals surface area (Å²) < 4.78 is 4.14. The second kappa shape index (κ2) is 12.3. The predicted molar refractivity (Wildman–Crippen MR) is 78.7 cm³/mol. The number of rotatable bonds is 5. The Morgan fingerprint density at radius 3 is 1.43 bits per heavy atom. The van der Waals surface area contributed by atoms with Crippen LogP contribution < -0.4 is 0 Å². The molecule has 0 aromatic heterocycles. The van der Waals surface area contributed by atoms with Crippen molar-refractivity contribution in [2.75, 3.05) is 26.9 Å². The fraction of sp³-hybridized carbons (Fsp3) is 0.714. The molecule has 0 aromatic carbocycles. The molecular weight excluding hydrogens is 280 g/mol. The average Bonchev–Trinajstić information content (AvgIpc) is 2.47. The van der Waals surface area contributed by atoms with Crippen LogP contribution in [0.3, 0.4) is 0 Å². The highest BCUT2D eigenvalue weighted by Gasteiger charge is 2.25. The van der Waals surface area contributed by atoms with Gasteiger partial charge in [0.1, 0.15) is 0 Å². The summed E-state index contributed by atoms with van der Waals surface area (Å²) in [6.45, 7) is 9.46. The summed E-state index contributed by atoms with van der Waals surface area (Å²) in [5.41, 5.74) is -1.29. The van der Waals surface area contributed by atoms with Gasteiger partial charge in [-0.25, -0.2) is 4.79 Å². The zero-order valence-electron chi connectivity index (χ0n) is 13.4. The molecule has 0 atom stereocenters. The minimum absolute atomic E-state index is 0.0451. The molecule has 0 saturated heterocycles. The largest absolute Gasteiger partial charge is 0.481 e. The lowest BCUT2D eigenvalue weighted by Gasteiger charge is -2.16. The molecule has 0 unspecified atom stereocenters. The van der Waals surface area contributed by atoms with Crippen molar-refractivity contribution in [2.45, 2.75) is 27.7 Å². The van der Waals surface area contributed by atoms with Crippen LogP contribution in [0.25, 0.3) is 0 Å². The van der Waals surface area contributed by atoms with Gasteiger partial charge in [-0.05, 0) is 13.8 Å². The number of methoxy groups -OCH3 is 1. The van der Waals surface area contributed by atoms with Crippen molar-refractivity contribution in [3.05, 3.63) is 12.7 Å². The number of carboxylic acids is 1. The van der Waals surface area contributed by atoms with E-state index in [1.165, 1.54) is 21.0 Å². The fourth-order valence-corrected chi connectivity index (χ4v) is 0.201. The van der Waals surface area contributed by atoms with Gasteiger partial charge >= 0.3 is 11.9 Å². The summed E-state index contributed by atoms with van der Waals surface area (Å²) >= 11 is 0. The molecule has 0 aliphatic heterocycles. The number of ether oxygens (including phenoxy) is 1. The number of aliphatic hydroxyl groups is 3. The first-order valence-corrected chi connectivity index (χ1v) is 6.20. The number of carbonyl (C=O) groups excluding carboxylic acids is 1. The molecule has 126 valence electrons. The minimum atomic E-state index is -0.986. The van der Waals surface area contributed by atoms with Crippen LogP contribution in [0.4, 0.5) is 0 Å². The molecular formula is C14H28O7. The SMILES string of the molecule is C=CC(=O)OC.CC(C)(CO)C(=O)O.CC(C)(CO)CO. The minimum Gasteiger partial charge on any atom is -0.481 e. The van der Waals surface area contributed by atoms with Crippen LogP contribution in [0.1, 0.15) is 27.7 Å². The first-order valence-electron chi connectivity index (χ1n) is 6.20. The zero-order valence-corrected chi connectivity index (χ0v) is 13.4. The molecule has 0 saturated carbocycles. The maximum Gasteiger partial charge on any atom is 0.329 e. The lowest BCUT2D eigenvalue weighted by Crippen LogP contribution is -2.27. The van der Waals surface area contributed by atoms with Gasteiger partial charge in [0.25, 0.3) is 0 Å². The highest BCUT2D eigenvalue weighted by molar-refractivity contribution is 5.80. The Morgan fingerprint density at radius 1 is 1.05 bits per heavy atom. The van der Waals surface area contributed by atoms with Gasteiger partial charge in [-0.3, -0.25) is 4.79 Å². The van der Waals surface area contributed by atoms with E-state index in [9.17, 15) is 9.59 Å². The first kappa shape index (κ1) is 24.6. The number of hydrogen-bond acceptors (Lipinski definition) is 6. The Kier molecular flexibility index (Phi) is 14.4. The molecule has 0 spiro atoms. The summed E-state index contributed by atoms with van der Waals surface area (Å²) in [4.78, 5) is 19.9. The van der Waals surface area contributed by atoms with Crippen molar-refractivity contribution in [1.29, 1.82) is 0 Å². The van der Waals surface area contributed by atoms with Gasteiger partial charge in [-0.1, -0.05) is 20.4 Å². The Hall–Kier alpha value is -1.44. The number of hydrogen-bond donors (Lipinski definition) is 4. The van der Waals surface area contributed by atoms with Crippen molar-refractivity contribution in [2.24, 2.45) is 10.8 Å². The van der Waals surface area contributed by atoms with E-state index in [1.807, 2.05) is 0 Å². The number of aliphatic hydroxyl groups excluding tert-OH is 3. The van der Waals surface area contributed by atoms with E-state index in [1.54, 1.807) is 13.8 Å². The van der Waals surface area contributed by atoms with E-state index < -0.39 is 17.4 Å². The smallest absolute Gasteiger partial charge is 0.329 e. The molecule has 0 fully saturated rings. The summed E-state index contributed by atoms with van der Waals surface area (Å²) in [6.07, 6.45) is 1.11. The predicted octanol–water partition coefficient (Wildman–Crippen LogP) is 0.432. The molecule has 0 rings (SSSR count). The number of carboxylic acid groups (broad SMARTS) is 1. The molecule has 21 heavy (non-hydrogen) atoms. The third-order valence-electron chi connectivity index (χ3n) is 2.20. The molecule has 0 radical (unpaired) electrons. The molecule has 0 aromatic rings. The molecule has 0 aliphatic carbocycles. The Balaban J connectivity index is -0.000000234. The molecule has 0 heterocycles. The molecule has 4 N–H and O–H groups in total. The summed E-state index contributed by atoms with van der Waals surface area (Å²) in [7, 11) is 1.31. The van der Waals surface area contributed by atoms with E-state index >= 15 is 0 Å². The van der Waals surface area contributed by atoms with Crippen molar-refractivity contribution >= 4 is 11.9 Å². The maximum absolute atomic E-state index is 10.1. The topological polar surface area (TPSA) is 124 Å². The Bertz CT molecular complexity index is 302. The molecule has 0 bridgehead atoms. The lowest BCUT2D eigenvalue weighted by molar-refractivity contribution is -0.149. The number of aliphatic carboxylic acids is 1. The van der Waals surface area contributed by atoms with Crippen molar-refractivity contribution in [3.8, 4) is 0 Å². The van der Waals surface area contributed by atoms with Crippen molar-refractivity contribution in [1.82, 2.24) is 0 Å². The first-order chi connectivity index (χ1) is 9.43. The third kappa shape index (κ3) is 16.5. The van der Waals surface area contributed by atoms with Gasteiger partial charge in [0.2, 0.25) is 0 Å². The van der Waals surface area contributed by atoms with Crippen LogP contribution in [0.5, 0.6) is 0 Å². The Labute approximate surface area is 125 Å². The monoisotopic (exact) mass is 308 g/mol. The second-order valence-corrected chi connectivity index (χ2v) is 5.55. The zero-order chi connectivity index (χ0) is 17.7. The van der Waals surface area contributed by atoms with Crippen LogP contribution in [0.15, 0.2) is 12.7 Å². The molecule has 0 aliphatic rings. The van der Waals surface area contributed by atoms with Gasteiger partial charge in [0, 0.05) is 11.5 Å². The van der Waals surface area contributed by atoms with Crippen LogP contribution >= 0.6 is 0 Å². The highest BCUT2D eigenvalue weighted by atomic mass is 16.5. The quantitative estimate of drug-likeness (QED) is 0.429.